The van der Waals surface area contributed by atoms with Crippen LogP contribution in [0.3, 0.4) is 0 Å². The first-order valence-corrected chi connectivity index (χ1v) is 4.71. The lowest BCUT2D eigenvalue weighted by atomic mass is 10.1. The number of fused-ring (bicyclic) bond motifs is 1. The molecule has 0 radical (unpaired) electrons. The first-order valence-electron chi connectivity index (χ1n) is 4.71. The highest BCUT2D eigenvalue weighted by Crippen LogP contribution is 2.29. The average Bonchev–Trinajstić information content (AvgIpc) is 2.57. The molecule has 0 bridgehead atoms. The van der Waals surface area contributed by atoms with E-state index in [1.54, 1.807) is 12.1 Å². The Morgan fingerprint density at radius 1 is 1.47 bits per heavy atom. The number of carboxylic acid groups (broad SMARTS) is 1. The van der Waals surface area contributed by atoms with E-state index in [0.29, 0.717) is 11.9 Å². The van der Waals surface area contributed by atoms with Crippen molar-refractivity contribution in [3.63, 3.8) is 0 Å². The molecule has 0 unspecified atom stereocenters. The number of nitrogens with one attached hydrogen (secondary N) is 1. The lowest BCUT2D eigenvalue weighted by Gasteiger charge is -1.96. The van der Waals surface area contributed by atoms with Crippen molar-refractivity contribution in [1.82, 2.24) is 4.98 Å². The normalized spacial score (nSPS) is 10.7. The highest BCUT2D eigenvalue weighted by molar-refractivity contribution is 5.99. The molecule has 1 heterocycles. The molecule has 2 rings (SSSR count). The number of rotatable bonds is 2. The van der Waals surface area contributed by atoms with Crippen LogP contribution in [0.4, 0.5) is 0 Å². The number of carboxylic acids is 1. The van der Waals surface area contributed by atoms with E-state index < -0.39 is 5.97 Å². The third kappa shape index (κ3) is 1.34. The van der Waals surface area contributed by atoms with Crippen LogP contribution in [0.2, 0.25) is 0 Å². The van der Waals surface area contributed by atoms with Crippen molar-refractivity contribution in [2.24, 2.45) is 0 Å². The number of aromatic amines is 1. The fraction of sp³-hybridized carbons (Fsp3) is 0.182. The molecule has 4 nitrogen and oxygen atoms in total. The Kier molecular flexibility index (Phi) is 2.11. The van der Waals surface area contributed by atoms with Gasteiger partial charge in [0.25, 0.3) is 0 Å². The molecular weight excluding hydrogens is 194 g/mol. The molecule has 78 valence electrons. The van der Waals surface area contributed by atoms with Crippen molar-refractivity contribution in [3.8, 4) is 5.75 Å². The van der Waals surface area contributed by atoms with Gasteiger partial charge in [0.05, 0.1) is 5.52 Å². The number of aromatic carboxylic acids is 1. The van der Waals surface area contributed by atoms with Crippen LogP contribution < -0.4 is 0 Å². The van der Waals surface area contributed by atoms with Crippen LogP contribution in [0.15, 0.2) is 18.2 Å². The molecule has 2 aromatic rings. The number of aromatic nitrogens is 1. The summed E-state index contributed by atoms with van der Waals surface area (Å²) < 4.78 is 0. The summed E-state index contributed by atoms with van der Waals surface area (Å²) in [5.41, 5.74) is 1.38. The second-order valence-electron chi connectivity index (χ2n) is 3.34. The van der Waals surface area contributed by atoms with E-state index >= 15 is 0 Å². The fourth-order valence-corrected chi connectivity index (χ4v) is 1.81. The minimum Gasteiger partial charge on any atom is -0.506 e. The standard InChI is InChI=1S/C11H11NO3/c1-2-6-7-4-3-5-8(13)9(7)12-10(6)11(14)15/h3-5,12-13H,2H2,1H3,(H,14,15). The van der Waals surface area contributed by atoms with Gasteiger partial charge in [-0.25, -0.2) is 4.79 Å². The van der Waals surface area contributed by atoms with Crippen LogP contribution >= 0.6 is 0 Å². The van der Waals surface area contributed by atoms with Gasteiger partial charge in [-0.1, -0.05) is 19.1 Å². The van der Waals surface area contributed by atoms with Crippen LogP contribution in [-0.4, -0.2) is 21.2 Å². The highest BCUT2D eigenvalue weighted by atomic mass is 16.4. The number of para-hydroxylation sites is 1. The van der Waals surface area contributed by atoms with E-state index in [1.165, 1.54) is 6.07 Å². The molecule has 0 aliphatic rings. The van der Waals surface area contributed by atoms with Gasteiger partial charge in [-0.05, 0) is 18.1 Å². The van der Waals surface area contributed by atoms with Gasteiger partial charge < -0.3 is 15.2 Å². The smallest absolute Gasteiger partial charge is 0.352 e. The summed E-state index contributed by atoms with van der Waals surface area (Å²) in [6, 6.07) is 5.04. The lowest BCUT2D eigenvalue weighted by Crippen LogP contribution is -2.00. The number of H-pyrrole nitrogens is 1. The van der Waals surface area contributed by atoms with Crippen LogP contribution in [-0.2, 0) is 6.42 Å². The summed E-state index contributed by atoms with van der Waals surface area (Å²) in [6.45, 7) is 1.89. The van der Waals surface area contributed by atoms with Crippen molar-refractivity contribution in [1.29, 1.82) is 0 Å². The predicted octanol–water partition coefficient (Wildman–Crippen LogP) is 2.13. The number of phenolic OH excluding ortho intramolecular Hbond substituents is 1. The number of hydrogen-bond donors (Lipinski definition) is 3. The summed E-state index contributed by atoms with van der Waals surface area (Å²) >= 11 is 0. The molecule has 1 aromatic heterocycles. The Hall–Kier alpha value is -1.97. The Balaban J connectivity index is 2.84. The van der Waals surface area contributed by atoms with Crippen molar-refractivity contribution >= 4 is 16.9 Å². The Morgan fingerprint density at radius 3 is 2.80 bits per heavy atom. The molecule has 0 aliphatic heterocycles. The molecule has 0 spiro atoms. The third-order valence-electron chi connectivity index (χ3n) is 2.49. The van der Waals surface area contributed by atoms with E-state index in [1.807, 2.05) is 6.92 Å². The number of carbonyl (C=O) groups is 1. The molecule has 0 aliphatic carbocycles. The molecular formula is C11H11NO3. The number of aromatic hydroxyl groups is 1. The number of hydrogen-bond acceptors (Lipinski definition) is 2. The maximum absolute atomic E-state index is 10.9. The van der Waals surface area contributed by atoms with Gasteiger partial charge in [-0.15, -0.1) is 0 Å². The molecule has 0 fully saturated rings. The molecule has 3 N–H and O–H groups in total. The van der Waals surface area contributed by atoms with Gasteiger partial charge in [-0.2, -0.15) is 0 Å². The summed E-state index contributed by atoms with van der Waals surface area (Å²) in [5.74, 6) is -0.919. The van der Waals surface area contributed by atoms with Crippen LogP contribution in [0.25, 0.3) is 10.9 Å². The third-order valence-corrected chi connectivity index (χ3v) is 2.49. The Bertz CT molecular complexity index is 528. The summed E-state index contributed by atoms with van der Waals surface area (Å²) in [5, 5.41) is 19.3. The molecule has 0 amide bonds. The zero-order valence-corrected chi connectivity index (χ0v) is 8.24. The van der Waals surface area contributed by atoms with Crippen LogP contribution in [0, 0.1) is 0 Å². The largest absolute Gasteiger partial charge is 0.506 e. The molecule has 15 heavy (non-hydrogen) atoms. The lowest BCUT2D eigenvalue weighted by molar-refractivity contribution is 0.0690. The minimum atomic E-state index is -0.998. The molecule has 4 heteroatoms. The molecule has 0 saturated carbocycles. The minimum absolute atomic E-state index is 0.0784. The Labute approximate surface area is 86.2 Å². The summed E-state index contributed by atoms with van der Waals surface area (Å²) in [7, 11) is 0. The van der Waals surface area contributed by atoms with Gasteiger partial charge >= 0.3 is 5.97 Å². The van der Waals surface area contributed by atoms with Gasteiger partial charge in [0, 0.05) is 5.39 Å². The van der Waals surface area contributed by atoms with Gasteiger partial charge in [0.2, 0.25) is 0 Å². The van der Waals surface area contributed by atoms with E-state index in [-0.39, 0.29) is 11.4 Å². The predicted molar refractivity (Wildman–Crippen MR) is 56.3 cm³/mol. The second-order valence-corrected chi connectivity index (χ2v) is 3.34. The van der Waals surface area contributed by atoms with Crippen molar-refractivity contribution in [2.75, 3.05) is 0 Å². The topological polar surface area (TPSA) is 73.3 Å². The zero-order chi connectivity index (χ0) is 11.0. The van der Waals surface area contributed by atoms with E-state index in [9.17, 15) is 9.90 Å². The maximum Gasteiger partial charge on any atom is 0.352 e. The van der Waals surface area contributed by atoms with Gasteiger partial charge in [0.1, 0.15) is 11.4 Å². The van der Waals surface area contributed by atoms with Crippen LogP contribution in [0.1, 0.15) is 23.0 Å². The summed E-state index contributed by atoms with van der Waals surface area (Å²) in [6.07, 6.45) is 0.616. The quantitative estimate of drug-likeness (QED) is 0.703. The molecule has 0 saturated heterocycles. The Morgan fingerprint density at radius 2 is 2.20 bits per heavy atom. The monoisotopic (exact) mass is 205 g/mol. The van der Waals surface area contributed by atoms with E-state index in [2.05, 4.69) is 4.98 Å². The number of phenols is 1. The van der Waals surface area contributed by atoms with Gasteiger partial charge in [-0.3, -0.25) is 0 Å². The number of aryl methyl sites for hydroxylation is 1. The molecule has 1 aromatic carbocycles. The van der Waals surface area contributed by atoms with Gasteiger partial charge in [0.15, 0.2) is 0 Å². The highest BCUT2D eigenvalue weighted by Gasteiger charge is 2.16. The van der Waals surface area contributed by atoms with Crippen molar-refractivity contribution in [2.45, 2.75) is 13.3 Å². The maximum atomic E-state index is 10.9. The van der Waals surface area contributed by atoms with Crippen LogP contribution in [0.5, 0.6) is 5.75 Å². The molecule has 0 atom stereocenters. The first-order chi connectivity index (χ1) is 7.15. The fourth-order valence-electron chi connectivity index (χ4n) is 1.81. The van der Waals surface area contributed by atoms with E-state index in [4.69, 9.17) is 5.11 Å². The zero-order valence-electron chi connectivity index (χ0n) is 8.24. The van der Waals surface area contributed by atoms with Crippen molar-refractivity contribution < 1.29 is 15.0 Å². The first kappa shape index (κ1) is 9.58. The van der Waals surface area contributed by atoms with Crippen molar-refractivity contribution in [3.05, 3.63) is 29.5 Å². The SMILES string of the molecule is CCc1c(C(=O)O)[nH]c2c(O)cccc12. The second kappa shape index (κ2) is 3.31. The number of benzene rings is 1. The average molecular weight is 205 g/mol. The van der Waals surface area contributed by atoms with E-state index in [0.717, 1.165) is 10.9 Å². The summed E-state index contributed by atoms with van der Waals surface area (Å²) in [4.78, 5) is 13.7.